The molecule has 0 atom stereocenters. The van der Waals surface area contributed by atoms with Crippen molar-refractivity contribution in [2.75, 3.05) is 5.32 Å². The lowest BCUT2D eigenvalue weighted by atomic mass is 10.3. The first-order valence-corrected chi connectivity index (χ1v) is 6.56. The molecule has 0 bridgehead atoms. The fourth-order valence-electron chi connectivity index (χ4n) is 1.66. The number of rotatable bonds is 3. The van der Waals surface area contributed by atoms with Crippen molar-refractivity contribution >= 4 is 22.0 Å². The number of anilines is 1. The second kappa shape index (κ2) is 4.88. The van der Waals surface area contributed by atoms with E-state index in [2.05, 4.69) is 20.6 Å². The Hall–Kier alpha value is -2.36. The quantitative estimate of drug-likeness (QED) is 0.726. The molecule has 21 heavy (non-hydrogen) atoms. The van der Waals surface area contributed by atoms with Crippen molar-refractivity contribution in [1.82, 2.24) is 19.8 Å². The lowest BCUT2D eigenvalue weighted by molar-refractivity contribution is -0.146. The molecule has 0 aliphatic rings. The van der Waals surface area contributed by atoms with E-state index in [9.17, 15) is 13.2 Å². The molecule has 0 amide bonds. The molecule has 0 radical (unpaired) electrons. The van der Waals surface area contributed by atoms with Crippen LogP contribution in [0.3, 0.4) is 0 Å². The number of aromatic hydroxyl groups is 1. The summed E-state index contributed by atoms with van der Waals surface area (Å²) in [7, 11) is 0. The standard InChI is InChI=1S/C11H8F3N5OS/c12-11(13,14)9-16-17-10-19(9)18-8(21-10)5-15-6-1-3-7(20)4-2-6/h1-4,15,20H,5H2. The first-order valence-electron chi connectivity index (χ1n) is 5.75. The lowest BCUT2D eigenvalue weighted by Gasteiger charge is -2.03. The molecular formula is C11H8F3N5OS. The highest BCUT2D eigenvalue weighted by atomic mass is 32.1. The number of phenolic OH excluding ortho intramolecular Hbond substituents is 1. The fraction of sp³-hybridized carbons (Fsp3) is 0.182. The number of nitrogens with one attached hydrogen (secondary N) is 1. The van der Waals surface area contributed by atoms with Gasteiger partial charge in [0.2, 0.25) is 4.96 Å². The number of hydrogen-bond donors (Lipinski definition) is 2. The Balaban J connectivity index is 1.79. The zero-order valence-corrected chi connectivity index (χ0v) is 11.1. The smallest absolute Gasteiger partial charge is 0.453 e. The molecule has 0 fully saturated rings. The SMILES string of the molecule is Oc1ccc(NCc2nn3c(C(F)(F)F)nnc3s2)cc1. The van der Waals surface area contributed by atoms with Gasteiger partial charge < -0.3 is 10.4 Å². The molecule has 2 N–H and O–H groups in total. The van der Waals surface area contributed by atoms with Gasteiger partial charge in [-0.25, -0.2) is 0 Å². The minimum absolute atomic E-state index is 0.0878. The summed E-state index contributed by atoms with van der Waals surface area (Å²) in [5, 5.41) is 23.0. The molecule has 0 saturated carbocycles. The van der Waals surface area contributed by atoms with Gasteiger partial charge >= 0.3 is 6.18 Å². The van der Waals surface area contributed by atoms with E-state index in [1.54, 1.807) is 12.1 Å². The molecule has 110 valence electrons. The van der Waals surface area contributed by atoms with E-state index < -0.39 is 12.0 Å². The van der Waals surface area contributed by atoms with Gasteiger partial charge in [-0.2, -0.15) is 22.8 Å². The molecule has 0 spiro atoms. The van der Waals surface area contributed by atoms with Crippen LogP contribution in [0.5, 0.6) is 5.75 Å². The van der Waals surface area contributed by atoms with E-state index in [1.807, 2.05) is 0 Å². The maximum Gasteiger partial charge on any atom is 0.453 e. The van der Waals surface area contributed by atoms with Crippen LogP contribution in [0.2, 0.25) is 0 Å². The second-order valence-electron chi connectivity index (χ2n) is 4.11. The maximum atomic E-state index is 12.7. The zero-order chi connectivity index (χ0) is 15.0. The Morgan fingerprint density at radius 2 is 1.90 bits per heavy atom. The summed E-state index contributed by atoms with van der Waals surface area (Å²) in [6.45, 7) is 0.246. The normalized spacial score (nSPS) is 12.0. The first-order chi connectivity index (χ1) is 9.93. The highest BCUT2D eigenvalue weighted by Gasteiger charge is 2.38. The summed E-state index contributed by atoms with van der Waals surface area (Å²) in [6.07, 6.45) is -4.59. The fourth-order valence-corrected chi connectivity index (χ4v) is 2.43. The third-order valence-electron chi connectivity index (χ3n) is 2.60. The highest BCUT2D eigenvalue weighted by molar-refractivity contribution is 7.16. The van der Waals surface area contributed by atoms with E-state index in [-0.39, 0.29) is 17.3 Å². The number of nitrogens with zero attached hydrogens (tertiary/aromatic N) is 4. The average molecular weight is 315 g/mol. The summed E-state index contributed by atoms with van der Waals surface area (Å²) >= 11 is 1.02. The molecule has 3 rings (SSSR count). The van der Waals surface area contributed by atoms with Crippen molar-refractivity contribution in [2.24, 2.45) is 0 Å². The molecule has 0 aliphatic carbocycles. The van der Waals surface area contributed by atoms with E-state index in [0.717, 1.165) is 17.0 Å². The molecular weight excluding hydrogens is 307 g/mol. The number of aromatic nitrogens is 4. The average Bonchev–Trinajstić information content (AvgIpc) is 2.96. The molecule has 10 heteroatoms. The molecule has 6 nitrogen and oxygen atoms in total. The summed E-state index contributed by atoms with van der Waals surface area (Å²) in [5.74, 6) is -1.00. The van der Waals surface area contributed by atoms with E-state index >= 15 is 0 Å². The summed E-state index contributed by atoms with van der Waals surface area (Å²) in [5.41, 5.74) is 0.717. The Kier molecular flexibility index (Phi) is 3.16. The van der Waals surface area contributed by atoms with Gasteiger partial charge in [0.15, 0.2) is 0 Å². The molecule has 3 aromatic rings. The zero-order valence-electron chi connectivity index (χ0n) is 10.3. The Morgan fingerprint density at radius 3 is 2.57 bits per heavy atom. The molecule has 0 unspecified atom stereocenters. The van der Waals surface area contributed by atoms with E-state index in [1.165, 1.54) is 12.1 Å². The second-order valence-corrected chi connectivity index (χ2v) is 5.15. The number of benzene rings is 1. The Morgan fingerprint density at radius 1 is 1.19 bits per heavy atom. The van der Waals surface area contributed by atoms with Crippen LogP contribution in [-0.4, -0.2) is 24.9 Å². The minimum atomic E-state index is -4.59. The van der Waals surface area contributed by atoms with Crippen molar-refractivity contribution < 1.29 is 18.3 Å². The van der Waals surface area contributed by atoms with Crippen LogP contribution in [0.15, 0.2) is 24.3 Å². The highest BCUT2D eigenvalue weighted by Crippen LogP contribution is 2.29. The van der Waals surface area contributed by atoms with Gasteiger partial charge in [-0.15, -0.1) is 10.2 Å². The monoisotopic (exact) mass is 315 g/mol. The van der Waals surface area contributed by atoms with Crippen LogP contribution in [0.4, 0.5) is 18.9 Å². The largest absolute Gasteiger partial charge is 0.508 e. The third-order valence-corrected chi connectivity index (χ3v) is 3.50. The van der Waals surface area contributed by atoms with Crippen LogP contribution >= 0.6 is 11.3 Å². The van der Waals surface area contributed by atoms with Gasteiger partial charge in [0.05, 0.1) is 6.54 Å². The van der Waals surface area contributed by atoms with Crippen LogP contribution in [0.25, 0.3) is 4.96 Å². The van der Waals surface area contributed by atoms with Crippen molar-refractivity contribution in [3.63, 3.8) is 0 Å². The van der Waals surface area contributed by atoms with Crippen LogP contribution in [0, 0.1) is 0 Å². The van der Waals surface area contributed by atoms with Gasteiger partial charge in [0, 0.05) is 5.69 Å². The van der Waals surface area contributed by atoms with Crippen LogP contribution < -0.4 is 5.32 Å². The summed E-state index contributed by atoms with van der Waals surface area (Å²) < 4.78 is 38.6. The molecule has 2 heterocycles. The summed E-state index contributed by atoms with van der Waals surface area (Å²) in [4.78, 5) is 0.0878. The molecule has 0 aliphatic heterocycles. The minimum Gasteiger partial charge on any atom is -0.508 e. The lowest BCUT2D eigenvalue weighted by Crippen LogP contribution is -2.12. The predicted octanol–water partition coefficient (Wildman–Crippen LogP) is 2.52. The number of alkyl halides is 3. The van der Waals surface area contributed by atoms with Crippen molar-refractivity contribution in [2.45, 2.75) is 12.7 Å². The molecule has 2 aromatic heterocycles. The van der Waals surface area contributed by atoms with Gasteiger partial charge in [-0.3, -0.25) is 0 Å². The van der Waals surface area contributed by atoms with Gasteiger partial charge in [0.25, 0.3) is 5.82 Å². The molecule has 0 saturated heterocycles. The van der Waals surface area contributed by atoms with Crippen molar-refractivity contribution in [1.29, 1.82) is 0 Å². The number of phenols is 1. The molecule has 1 aromatic carbocycles. The predicted molar refractivity (Wildman–Crippen MR) is 69.1 cm³/mol. The number of hydrogen-bond acceptors (Lipinski definition) is 6. The van der Waals surface area contributed by atoms with E-state index in [0.29, 0.717) is 9.52 Å². The van der Waals surface area contributed by atoms with Gasteiger partial charge in [-0.1, -0.05) is 11.3 Å². The Labute approximate surface area is 119 Å². The topological polar surface area (TPSA) is 75.3 Å². The number of halogens is 3. The van der Waals surface area contributed by atoms with Crippen LogP contribution in [0.1, 0.15) is 10.8 Å². The summed E-state index contributed by atoms with van der Waals surface area (Å²) in [6, 6.07) is 6.30. The van der Waals surface area contributed by atoms with Gasteiger partial charge in [-0.05, 0) is 24.3 Å². The Bertz CT molecular complexity index is 764. The van der Waals surface area contributed by atoms with Crippen LogP contribution in [-0.2, 0) is 12.7 Å². The van der Waals surface area contributed by atoms with Crippen molar-refractivity contribution in [3.05, 3.63) is 35.1 Å². The third kappa shape index (κ3) is 2.75. The van der Waals surface area contributed by atoms with Gasteiger partial charge in [0.1, 0.15) is 10.8 Å². The van der Waals surface area contributed by atoms with E-state index in [4.69, 9.17) is 5.11 Å². The first kappa shape index (κ1) is 13.6. The maximum absolute atomic E-state index is 12.7. The number of fused-ring (bicyclic) bond motifs is 1. The van der Waals surface area contributed by atoms with Crippen molar-refractivity contribution in [3.8, 4) is 5.75 Å².